The summed E-state index contributed by atoms with van der Waals surface area (Å²) in [7, 11) is 0. The third kappa shape index (κ3) is 3.10. The Bertz CT molecular complexity index is 541. The van der Waals surface area contributed by atoms with Crippen molar-refractivity contribution < 1.29 is 14.3 Å². The first kappa shape index (κ1) is 11.7. The highest BCUT2D eigenvalue weighted by Gasteiger charge is 2.05. The highest BCUT2D eigenvalue weighted by Crippen LogP contribution is 2.22. The number of halogens is 1. The molecule has 0 saturated heterocycles. The van der Waals surface area contributed by atoms with Crippen LogP contribution in [0, 0.1) is 0 Å². The topological polar surface area (TPSA) is 87.4 Å². The lowest BCUT2D eigenvalue weighted by atomic mass is 10.3. The molecule has 2 aromatic rings. The van der Waals surface area contributed by atoms with Gasteiger partial charge in [0, 0.05) is 17.6 Å². The number of oxazole rings is 1. The summed E-state index contributed by atoms with van der Waals surface area (Å²) >= 11 is 3.34. The SMILES string of the molecule is O=C(O)NCCNc1nc2ccc(Br)cc2o1. The van der Waals surface area contributed by atoms with E-state index in [9.17, 15) is 4.79 Å². The second-order valence-electron chi connectivity index (χ2n) is 3.29. The van der Waals surface area contributed by atoms with E-state index in [1.54, 1.807) is 0 Å². The molecule has 0 saturated carbocycles. The molecule has 7 heteroatoms. The lowest BCUT2D eigenvalue weighted by molar-refractivity contribution is 0.195. The average molecular weight is 300 g/mol. The molecule has 1 amide bonds. The second kappa shape index (κ2) is 5.05. The van der Waals surface area contributed by atoms with Gasteiger partial charge in [0.05, 0.1) is 0 Å². The Labute approximate surface area is 105 Å². The van der Waals surface area contributed by atoms with Crippen molar-refractivity contribution in [2.75, 3.05) is 18.4 Å². The van der Waals surface area contributed by atoms with Crippen molar-refractivity contribution in [1.29, 1.82) is 0 Å². The molecule has 0 atom stereocenters. The van der Waals surface area contributed by atoms with Gasteiger partial charge < -0.3 is 20.2 Å². The zero-order valence-electron chi connectivity index (χ0n) is 8.74. The Kier molecular flexibility index (Phi) is 3.48. The highest BCUT2D eigenvalue weighted by atomic mass is 79.9. The van der Waals surface area contributed by atoms with E-state index < -0.39 is 6.09 Å². The van der Waals surface area contributed by atoms with Gasteiger partial charge in [0.2, 0.25) is 0 Å². The molecule has 6 nitrogen and oxygen atoms in total. The minimum Gasteiger partial charge on any atom is -0.465 e. The predicted molar refractivity (Wildman–Crippen MR) is 66.2 cm³/mol. The van der Waals surface area contributed by atoms with Gasteiger partial charge >= 0.3 is 6.09 Å². The monoisotopic (exact) mass is 299 g/mol. The fraction of sp³-hybridized carbons (Fsp3) is 0.200. The van der Waals surface area contributed by atoms with Crippen LogP contribution >= 0.6 is 15.9 Å². The molecule has 0 spiro atoms. The van der Waals surface area contributed by atoms with E-state index in [1.165, 1.54) is 0 Å². The molecule has 0 aliphatic heterocycles. The normalized spacial score (nSPS) is 10.4. The van der Waals surface area contributed by atoms with Gasteiger partial charge in [0.15, 0.2) is 5.58 Å². The molecule has 0 aliphatic rings. The number of anilines is 1. The van der Waals surface area contributed by atoms with Crippen molar-refractivity contribution in [1.82, 2.24) is 10.3 Å². The molecule has 17 heavy (non-hydrogen) atoms. The molecular formula is C10H10BrN3O3. The van der Waals surface area contributed by atoms with Crippen LogP contribution in [0.3, 0.4) is 0 Å². The summed E-state index contributed by atoms with van der Waals surface area (Å²) in [6.07, 6.45) is -1.05. The molecule has 1 aromatic carbocycles. The number of amides is 1. The second-order valence-corrected chi connectivity index (χ2v) is 4.21. The smallest absolute Gasteiger partial charge is 0.404 e. The fourth-order valence-corrected chi connectivity index (χ4v) is 1.65. The van der Waals surface area contributed by atoms with Crippen LogP contribution in [0.15, 0.2) is 27.1 Å². The Morgan fingerprint density at radius 3 is 3.06 bits per heavy atom. The van der Waals surface area contributed by atoms with Crippen LogP contribution in [0.2, 0.25) is 0 Å². The van der Waals surface area contributed by atoms with Gasteiger partial charge in [-0.2, -0.15) is 4.98 Å². The lowest BCUT2D eigenvalue weighted by Gasteiger charge is -2.00. The Hall–Kier alpha value is -1.76. The van der Waals surface area contributed by atoms with Gasteiger partial charge in [-0.3, -0.25) is 0 Å². The van der Waals surface area contributed by atoms with Crippen molar-refractivity contribution in [3.05, 3.63) is 22.7 Å². The van der Waals surface area contributed by atoms with Crippen molar-refractivity contribution >= 4 is 39.1 Å². The summed E-state index contributed by atoms with van der Waals surface area (Å²) in [5.41, 5.74) is 1.43. The van der Waals surface area contributed by atoms with Crippen LogP contribution in [0.1, 0.15) is 0 Å². The maximum Gasteiger partial charge on any atom is 0.404 e. The van der Waals surface area contributed by atoms with Crippen LogP contribution < -0.4 is 10.6 Å². The predicted octanol–water partition coefficient (Wildman–Crippen LogP) is 2.27. The van der Waals surface area contributed by atoms with Gasteiger partial charge in [0.25, 0.3) is 6.01 Å². The van der Waals surface area contributed by atoms with E-state index in [1.807, 2.05) is 18.2 Å². The van der Waals surface area contributed by atoms with Gasteiger partial charge in [-0.1, -0.05) is 15.9 Å². The zero-order chi connectivity index (χ0) is 12.3. The maximum absolute atomic E-state index is 10.2. The zero-order valence-corrected chi connectivity index (χ0v) is 10.3. The van der Waals surface area contributed by atoms with Crippen LogP contribution in [0.5, 0.6) is 0 Å². The largest absolute Gasteiger partial charge is 0.465 e. The molecule has 0 aliphatic carbocycles. The summed E-state index contributed by atoms with van der Waals surface area (Å²) < 4.78 is 6.35. The molecule has 1 heterocycles. The van der Waals surface area contributed by atoms with Crippen LogP contribution in [-0.4, -0.2) is 29.3 Å². The number of carboxylic acid groups (broad SMARTS) is 1. The van der Waals surface area contributed by atoms with Crippen LogP contribution in [0.4, 0.5) is 10.8 Å². The molecule has 2 rings (SSSR count). The number of hydrogen-bond donors (Lipinski definition) is 3. The van der Waals surface area contributed by atoms with E-state index in [4.69, 9.17) is 9.52 Å². The molecule has 0 bridgehead atoms. The van der Waals surface area contributed by atoms with Gasteiger partial charge in [-0.05, 0) is 18.2 Å². The lowest BCUT2D eigenvalue weighted by Crippen LogP contribution is -2.26. The Morgan fingerprint density at radius 2 is 2.29 bits per heavy atom. The number of nitrogens with one attached hydrogen (secondary N) is 2. The molecule has 0 fully saturated rings. The molecule has 0 unspecified atom stereocenters. The number of aromatic nitrogens is 1. The minimum atomic E-state index is -1.05. The Morgan fingerprint density at radius 1 is 1.47 bits per heavy atom. The number of carbonyl (C=O) groups is 1. The molecule has 90 valence electrons. The van der Waals surface area contributed by atoms with Crippen molar-refractivity contribution in [2.45, 2.75) is 0 Å². The number of nitrogens with zero attached hydrogens (tertiary/aromatic N) is 1. The quantitative estimate of drug-likeness (QED) is 0.754. The summed E-state index contributed by atoms with van der Waals surface area (Å²) in [4.78, 5) is 14.4. The number of hydrogen-bond acceptors (Lipinski definition) is 4. The molecule has 1 aromatic heterocycles. The summed E-state index contributed by atoms with van der Waals surface area (Å²) in [6, 6.07) is 5.91. The first-order valence-corrected chi connectivity index (χ1v) is 5.71. The van der Waals surface area contributed by atoms with Crippen LogP contribution in [0.25, 0.3) is 11.1 Å². The van der Waals surface area contributed by atoms with E-state index >= 15 is 0 Å². The summed E-state index contributed by atoms with van der Waals surface area (Å²) in [5.74, 6) is 0. The van der Waals surface area contributed by atoms with E-state index in [0.29, 0.717) is 18.1 Å². The van der Waals surface area contributed by atoms with Crippen molar-refractivity contribution in [2.24, 2.45) is 0 Å². The third-order valence-corrected chi connectivity index (χ3v) is 2.52. The third-order valence-electron chi connectivity index (χ3n) is 2.03. The number of fused-ring (bicyclic) bond motifs is 1. The first-order valence-electron chi connectivity index (χ1n) is 4.92. The van der Waals surface area contributed by atoms with Gasteiger partial charge in [0.1, 0.15) is 5.52 Å². The minimum absolute atomic E-state index is 0.289. The van der Waals surface area contributed by atoms with Gasteiger partial charge in [-0.25, -0.2) is 4.79 Å². The highest BCUT2D eigenvalue weighted by molar-refractivity contribution is 9.10. The van der Waals surface area contributed by atoms with Crippen molar-refractivity contribution in [3.63, 3.8) is 0 Å². The fourth-order valence-electron chi connectivity index (χ4n) is 1.31. The molecule has 3 N–H and O–H groups in total. The van der Waals surface area contributed by atoms with E-state index in [-0.39, 0.29) is 6.54 Å². The average Bonchev–Trinajstić information content (AvgIpc) is 2.66. The van der Waals surface area contributed by atoms with E-state index in [0.717, 1.165) is 9.99 Å². The Balaban J connectivity index is 1.97. The van der Waals surface area contributed by atoms with Crippen molar-refractivity contribution in [3.8, 4) is 0 Å². The number of benzene rings is 1. The van der Waals surface area contributed by atoms with E-state index in [2.05, 4.69) is 31.5 Å². The maximum atomic E-state index is 10.2. The first-order chi connectivity index (χ1) is 8.15. The van der Waals surface area contributed by atoms with Gasteiger partial charge in [-0.15, -0.1) is 0 Å². The van der Waals surface area contributed by atoms with Crippen LogP contribution in [-0.2, 0) is 0 Å². The summed E-state index contributed by atoms with van der Waals surface area (Å²) in [6.45, 7) is 0.706. The number of rotatable bonds is 4. The molecule has 0 radical (unpaired) electrons. The standard InChI is InChI=1S/C10H10BrN3O3/c11-6-1-2-7-8(5-6)17-9(14-7)12-3-4-13-10(15)16/h1-2,5,13H,3-4H2,(H,12,14)(H,15,16). The molecular weight excluding hydrogens is 290 g/mol. The summed E-state index contributed by atoms with van der Waals surface area (Å²) in [5, 5.41) is 13.5.